The van der Waals surface area contributed by atoms with Crippen LogP contribution in [-0.2, 0) is 29.3 Å². The summed E-state index contributed by atoms with van der Waals surface area (Å²) in [7, 11) is 7.45. The van der Waals surface area contributed by atoms with E-state index in [4.69, 9.17) is 23.4 Å². The molecule has 10 atom stereocenters. The summed E-state index contributed by atoms with van der Waals surface area (Å²) in [5.41, 5.74) is -1.48. The molecule has 0 amide bonds. The molecule has 56 heavy (non-hydrogen) atoms. The lowest BCUT2D eigenvalue weighted by Crippen LogP contribution is -2.61. The molecule has 7 rings (SSSR count). The van der Waals surface area contributed by atoms with Crippen molar-refractivity contribution in [3.63, 3.8) is 0 Å². The van der Waals surface area contributed by atoms with Gasteiger partial charge in [-0.25, -0.2) is 0 Å². The maximum atomic E-state index is 15.2. The zero-order valence-electron chi connectivity index (χ0n) is 33.9. The predicted molar refractivity (Wildman–Crippen MR) is 206 cm³/mol. The van der Waals surface area contributed by atoms with Crippen molar-refractivity contribution in [1.29, 1.82) is 0 Å². The van der Waals surface area contributed by atoms with Crippen LogP contribution in [0.4, 0.5) is 0 Å². The normalized spacial score (nSPS) is 33.0. The van der Waals surface area contributed by atoms with Gasteiger partial charge in [-0.05, 0) is 106 Å². The highest BCUT2D eigenvalue weighted by Crippen LogP contribution is 2.51. The third-order valence-electron chi connectivity index (χ3n) is 12.6. The van der Waals surface area contributed by atoms with Gasteiger partial charge >= 0.3 is 5.97 Å². The number of rotatable bonds is 7. The Morgan fingerprint density at radius 2 is 1.62 bits per heavy atom. The third-order valence-corrected chi connectivity index (χ3v) is 12.6. The molecule has 2 aromatic carbocycles. The Hall–Kier alpha value is -4.24. The van der Waals surface area contributed by atoms with E-state index in [9.17, 15) is 19.8 Å². The summed E-state index contributed by atoms with van der Waals surface area (Å²) < 4.78 is 31.1. The molecule has 2 unspecified atom stereocenters. The van der Waals surface area contributed by atoms with Gasteiger partial charge in [0.15, 0.2) is 16.8 Å². The van der Waals surface area contributed by atoms with Crippen LogP contribution in [0.25, 0.3) is 11.0 Å². The topological polar surface area (TPSA) is 169 Å². The Morgan fingerprint density at radius 3 is 2.25 bits per heavy atom. The molecule has 3 saturated heterocycles. The van der Waals surface area contributed by atoms with Crippen LogP contribution in [-0.4, -0.2) is 108 Å². The number of ketones is 2. The summed E-state index contributed by atoms with van der Waals surface area (Å²) in [4.78, 5) is 60.0. The number of aryl methyl sites for hydroxylation is 1. The fourth-order valence-electron chi connectivity index (χ4n) is 9.12. The number of ether oxygens (including phenoxy) is 4. The van der Waals surface area contributed by atoms with Gasteiger partial charge in [-0.2, -0.15) is 0 Å². The Morgan fingerprint density at radius 1 is 0.946 bits per heavy atom. The lowest BCUT2D eigenvalue weighted by atomic mass is 9.74. The van der Waals surface area contributed by atoms with Gasteiger partial charge in [-0.3, -0.25) is 19.2 Å². The lowest BCUT2D eigenvalue weighted by Gasteiger charge is -2.50. The standard InChI is InChI=1S/C43H52N2O11/c1-12-13-30-43(7,56-30)31-17-27(47)32-19(2)14-25-34(40(32)55-31)39(51)35-33(38(25)50)23(28-16-26(44(8)9)36(48)20(3)52-28)15-24(37(35)49)29-18-42(6,45(10)11)41(21(4)53-29)54-22(5)46/h12-15,17,20-21,26,28-30,36,41,48-49H,16,18H2,1-11H3/b13-12-/t20-,21-,26+,28-,29-,30?,36-,41+,42+,43?/m1/s1. The van der Waals surface area contributed by atoms with Crippen molar-refractivity contribution in [2.24, 2.45) is 0 Å². The maximum absolute atomic E-state index is 15.2. The van der Waals surface area contributed by atoms with Gasteiger partial charge in [0, 0.05) is 35.7 Å². The van der Waals surface area contributed by atoms with Gasteiger partial charge in [0.1, 0.15) is 29.3 Å². The van der Waals surface area contributed by atoms with E-state index in [-0.39, 0.29) is 69.5 Å². The van der Waals surface area contributed by atoms with Crippen LogP contribution in [0.5, 0.6) is 5.75 Å². The molecule has 1 aromatic heterocycles. The second-order valence-corrected chi connectivity index (χ2v) is 16.7. The molecule has 13 nitrogen and oxygen atoms in total. The SMILES string of the molecule is C/C=C\C1OC1(C)c1cc(=O)c2c(C)cc3c(c2o1)C(=O)c1c(O)c([C@H]2C[C@](C)(N(C)C)[C@@H](OC(C)=O)[C@@H](C)O2)cc([C@H]2C[C@H](N(C)C)[C@H](O)[C@@H](C)O2)c1C3=O. The number of carbonyl (C=O) groups is 3. The summed E-state index contributed by atoms with van der Waals surface area (Å²) in [6.07, 6.45) is -0.535. The highest BCUT2D eigenvalue weighted by Gasteiger charge is 2.55. The van der Waals surface area contributed by atoms with Gasteiger partial charge < -0.3 is 43.4 Å². The summed E-state index contributed by atoms with van der Waals surface area (Å²) in [6.45, 7) is 12.2. The fourth-order valence-corrected chi connectivity index (χ4v) is 9.12. The van der Waals surface area contributed by atoms with Gasteiger partial charge in [-0.1, -0.05) is 12.2 Å². The number of aliphatic hydroxyl groups is 1. The highest BCUT2D eigenvalue weighted by atomic mass is 16.6. The molecule has 4 heterocycles. The quantitative estimate of drug-likeness (QED) is 0.146. The van der Waals surface area contributed by atoms with Gasteiger partial charge in [0.05, 0.1) is 52.6 Å². The largest absolute Gasteiger partial charge is 0.507 e. The predicted octanol–water partition coefficient (Wildman–Crippen LogP) is 5.02. The number of likely N-dealkylation sites (N-methyl/N-ethyl adjacent to an activating group) is 2. The monoisotopic (exact) mass is 772 g/mol. The first-order chi connectivity index (χ1) is 26.2. The van der Waals surface area contributed by atoms with Crippen LogP contribution in [0.1, 0.15) is 121 Å². The van der Waals surface area contributed by atoms with Crippen molar-refractivity contribution >= 4 is 28.5 Å². The first-order valence-corrected chi connectivity index (χ1v) is 19.2. The number of phenols is 1. The first-order valence-electron chi connectivity index (χ1n) is 19.2. The van der Waals surface area contributed by atoms with Crippen LogP contribution in [0.15, 0.2) is 39.6 Å². The van der Waals surface area contributed by atoms with Gasteiger partial charge in [-0.15, -0.1) is 0 Å². The van der Waals surface area contributed by atoms with Gasteiger partial charge in [0.2, 0.25) is 5.78 Å². The van der Waals surface area contributed by atoms with E-state index < -0.39 is 76.5 Å². The number of hydrogen-bond acceptors (Lipinski definition) is 13. The number of fused-ring (bicyclic) bond motifs is 4. The number of allylic oxidation sites excluding steroid dienone is 1. The van der Waals surface area contributed by atoms with Crippen molar-refractivity contribution in [2.75, 3.05) is 28.2 Å². The summed E-state index contributed by atoms with van der Waals surface area (Å²) in [5, 5.41) is 23.6. The molecule has 3 aromatic rings. The molecule has 1 aliphatic carbocycles. The Bertz CT molecular complexity index is 2240. The lowest BCUT2D eigenvalue weighted by molar-refractivity contribution is -0.201. The number of phenolic OH excluding ortho intramolecular Hbond substituents is 1. The van der Waals surface area contributed by atoms with Crippen LogP contribution >= 0.6 is 0 Å². The first kappa shape index (κ1) is 40.0. The molecule has 0 saturated carbocycles. The van der Waals surface area contributed by atoms with Crippen LogP contribution < -0.4 is 5.43 Å². The minimum Gasteiger partial charge on any atom is -0.507 e. The van der Waals surface area contributed by atoms with E-state index >= 15 is 9.59 Å². The Kier molecular flexibility index (Phi) is 9.99. The third kappa shape index (κ3) is 6.14. The molecule has 0 radical (unpaired) electrons. The number of hydrogen-bond donors (Lipinski definition) is 2. The average Bonchev–Trinajstić information content (AvgIpc) is 3.78. The number of nitrogens with zero attached hydrogens (tertiary/aromatic N) is 2. The number of esters is 1. The van der Waals surface area contributed by atoms with E-state index in [1.54, 1.807) is 33.8 Å². The van der Waals surface area contributed by atoms with Crippen molar-refractivity contribution < 1.29 is 48.0 Å². The molecular formula is C43H52N2O11. The molecule has 0 bridgehead atoms. The minimum atomic E-state index is -0.959. The molecule has 2 N–H and O–H groups in total. The number of epoxide rings is 1. The average molecular weight is 773 g/mol. The second kappa shape index (κ2) is 14.0. The minimum absolute atomic E-state index is 0.0187. The Balaban J connectivity index is 1.47. The van der Waals surface area contributed by atoms with Crippen LogP contribution in [0.2, 0.25) is 0 Å². The zero-order valence-corrected chi connectivity index (χ0v) is 33.9. The van der Waals surface area contributed by atoms with Crippen molar-refractivity contribution in [3.8, 4) is 5.75 Å². The van der Waals surface area contributed by atoms with E-state index in [0.717, 1.165) is 0 Å². The van der Waals surface area contributed by atoms with Crippen molar-refractivity contribution in [2.45, 2.75) is 121 Å². The van der Waals surface area contributed by atoms with Crippen molar-refractivity contribution in [3.05, 3.63) is 85.3 Å². The molecule has 13 heteroatoms. The molecule has 0 spiro atoms. The molecule has 300 valence electrons. The van der Waals surface area contributed by atoms with E-state index in [1.807, 2.05) is 64.0 Å². The summed E-state index contributed by atoms with van der Waals surface area (Å²) >= 11 is 0. The Labute approximate surface area is 326 Å². The van der Waals surface area contributed by atoms with E-state index in [2.05, 4.69) is 0 Å². The number of benzene rings is 2. The van der Waals surface area contributed by atoms with Crippen molar-refractivity contribution in [1.82, 2.24) is 9.80 Å². The molecule has 3 aliphatic heterocycles. The smallest absolute Gasteiger partial charge is 0.303 e. The summed E-state index contributed by atoms with van der Waals surface area (Å²) in [6, 6.07) is 4.22. The second-order valence-electron chi connectivity index (χ2n) is 16.7. The fraction of sp³-hybridized carbons (Fsp3) is 0.535. The highest BCUT2D eigenvalue weighted by molar-refractivity contribution is 6.33. The summed E-state index contributed by atoms with van der Waals surface area (Å²) in [5.74, 6) is -1.93. The maximum Gasteiger partial charge on any atom is 0.303 e. The van der Waals surface area contributed by atoms with Crippen LogP contribution in [0.3, 0.4) is 0 Å². The zero-order chi connectivity index (χ0) is 40.9. The molecule has 4 aliphatic rings. The van der Waals surface area contributed by atoms with Gasteiger partial charge in [0.25, 0.3) is 0 Å². The molecule has 3 fully saturated rings. The van der Waals surface area contributed by atoms with Crippen LogP contribution in [0, 0.1) is 6.92 Å². The van der Waals surface area contributed by atoms with E-state index in [1.165, 1.54) is 19.1 Å². The number of carbonyl (C=O) groups excluding carboxylic acids is 3. The van der Waals surface area contributed by atoms with E-state index in [0.29, 0.717) is 11.1 Å². The molecular weight excluding hydrogens is 720 g/mol. The number of aromatic hydroxyl groups is 1. The number of aliphatic hydroxyl groups excluding tert-OH is 1.